The molecule has 0 fully saturated rings. The summed E-state index contributed by atoms with van der Waals surface area (Å²) in [6.45, 7) is 0.479. The van der Waals surface area contributed by atoms with E-state index in [1.165, 1.54) is 0 Å². The van der Waals surface area contributed by atoms with E-state index in [2.05, 4.69) is 21.2 Å². The van der Waals surface area contributed by atoms with Gasteiger partial charge in [-0.1, -0.05) is 23.7 Å². The van der Waals surface area contributed by atoms with Crippen LogP contribution >= 0.6 is 27.5 Å². The summed E-state index contributed by atoms with van der Waals surface area (Å²) < 4.78 is 14.1. The average Bonchev–Trinajstić information content (AvgIpc) is 2.42. The molecule has 0 unspecified atom stereocenters. The van der Waals surface area contributed by atoms with Crippen LogP contribution in [0.4, 0.5) is 10.1 Å². The molecule has 0 heterocycles. The second-order valence-corrected chi connectivity index (χ2v) is 5.11. The summed E-state index contributed by atoms with van der Waals surface area (Å²) in [5.41, 5.74) is 1.61. The number of halogens is 3. The molecule has 0 atom stereocenters. The zero-order chi connectivity index (χ0) is 13.8. The molecule has 2 aromatic rings. The molecule has 2 rings (SSSR count). The van der Waals surface area contributed by atoms with E-state index in [9.17, 15) is 4.39 Å². The van der Waals surface area contributed by atoms with E-state index in [-0.39, 0.29) is 10.0 Å². The molecule has 0 aliphatic heterocycles. The fraction of sp³-hybridized carbons (Fsp3) is 0.0714. The lowest BCUT2D eigenvalue weighted by Gasteiger charge is -2.09. The number of hydrogen-bond acceptors (Lipinski definition) is 2. The monoisotopic (exact) mass is 338 g/mol. The Morgan fingerprint density at radius 2 is 1.89 bits per heavy atom. The van der Waals surface area contributed by atoms with Gasteiger partial charge in [-0.2, -0.15) is 5.26 Å². The Bertz CT molecular complexity index is 635. The summed E-state index contributed by atoms with van der Waals surface area (Å²) in [6, 6.07) is 12.3. The van der Waals surface area contributed by atoms with Crippen molar-refractivity contribution in [2.75, 3.05) is 5.32 Å². The molecule has 5 heteroatoms. The highest BCUT2D eigenvalue weighted by molar-refractivity contribution is 9.10. The van der Waals surface area contributed by atoms with Gasteiger partial charge in [-0.25, -0.2) is 4.39 Å². The highest BCUT2D eigenvalue weighted by Gasteiger charge is 2.10. The second kappa shape index (κ2) is 6.05. The summed E-state index contributed by atoms with van der Waals surface area (Å²) in [7, 11) is 0. The van der Waals surface area contributed by atoms with Crippen LogP contribution in [-0.4, -0.2) is 0 Å². The molecular formula is C14H9BrClFN2. The summed E-state index contributed by atoms with van der Waals surface area (Å²) in [5, 5.41) is 12.4. The minimum Gasteiger partial charge on any atom is -0.379 e. The van der Waals surface area contributed by atoms with E-state index < -0.39 is 5.82 Å². The standard InChI is InChI=1S/C14H9BrClFN2/c15-13-10(7-18)3-6-12(14(13)17)19-8-9-1-4-11(16)5-2-9/h1-6,19H,8H2. The van der Waals surface area contributed by atoms with E-state index in [1.807, 2.05) is 18.2 Å². The highest BCUT2D eigenvalue weighted by atomic mass is 79.9. The van der Waals surface area contributed by atoms with Gasteiger partial charge in [-0.15, -0.1) is 0 Å². The largest absolute Gasteiger partial charge is 0.379 e. The highest BCUT2D eigenvalue weighted by Crippen LogP contribution is 2.26. The Labute approximate surface area is 123 Å². The van der Waals surface area contributed by atoms with E-state index in [0.717, 1.165) is 5.56 Å². The predicted octanol–water partition coefficient (Wildman–Crippen LogP) is 4.73. The Hall–Kier alpha value is -1.57. The van der Waals surface area contributed by atoms with E-state index in [0.29, 0.717) is 17.3 Å². The lowest BCUT2D eigenvalue weighted by molar-refractivity contribution is 0.623. The van der Waals surface area contributed by atoms with Crippen LogP contribution in [0.1, 0.15) is 11.1 Å². The third kappa shape index (κ3) is 3.25. The van der Waals surface area contributed by atoms with Crippen molar-refractivity contribution in [3.63, 3.8) is 0 Å². The lowest BCUT2D eigenvalue weighted by Crippen LogP contribution is -2.02. The van der Waals surface area contributed by atoms with Crippen LogP contribution in [0.5, 0.6) is 0 Å². The summed E-state index contributed by atoms with van der Waals surface area (Å²) in [6.07, 6.45) is 0. The van der Waals surface area contributed by atoms with Crippen molar-refractivity contribution in [3.05, 3.63) is 62.8 Å². The molecule has 0 saturated carbocycles. The molecule has 0 radical (unpaired) electrons. The number of rotatable bonds is 3. The number of benzene rings is 2. The predicted molar refractivity (Wildman–Crippen MR) is 77.6 cm³/mol. The van der Waals surface area contributed by atoms with Gasteiger partial charge in [0.1, 0.15) is 6.07 Å². The van der Waals surface area contributed by atoms with Crippen molar-refractivity contribution in [1.82, 2.24) is 0 Å². The van der Waals surface area contributed by atoms with Crippen molar-refractivity contribution in [2.24, 2.45) is 0 Å². The summed E-state index contributed by atoms with van der Waals surface area (Å²) >= 11 is 8.86. The number of nitrogens with one attached hydrogen (secondary N) is 1. The first-order valence-corrected chi connectivity index (χ1v) is 6.65. The Kier molecular flexibility index (Phi) is 4.41. The van der Waals surface area contributed by atoms with Gasteiger partial charge in [-0.3, -0.25) is 0 Å². The first kappa shape index (κ1) is 13.9. The van der Waals surface area contributed by atoms with Crippen LogP contribution in [0.2, 0.25) is 5.02 Å². The van der Waals surface area contributed by atoms with E-state index in [4.69, 9.17) is 16.9 Å². The Balaban J connectivity index is 2.14. The third-order valence-electron chi connectivity index (χ3n) is 2.60. The molecule has 0 saturated heterocycles. The summed E-state index contributed by atoms with van der Waals surface area (Å²) in [4.78, 5) is 0. The van der Waals surface area contributed by atoms with Crippen LogP contribution in [0.25, 0.3) is 0 Å². The number of nitriles is 1. The van der Waals surface area contributed by atoms with Crippen LogP contribution in [-0.2, 0) is 6.54 Å². The topological polar surface area (TPSA) is 35.8 Å². The van der Waals surface area contributed by atoms with Crippen LogP contribution in [0.15, 0.2) is 40.9 Å². The SMILES string of the molecule is N#Cc1ccc(NCc2ccc(Cl)cc2)c(F)c1Br. The van der Waals surface area contributed by atoms with Gasteiger partial charge < -0.3 is 5.32 Å². The van der Waals surface area contributed by atoms with E-state index >= 15 is 0 Å². The molecule has 2 nitrogen and oxygen atoms in total. The molecule has 2 aromatic carbocycles. The van der Waals surface area contributed by atoms with Crippen LogP contribution < -0.4 is 5.32 Å². The quantitative estimate of drug-likeness (QED) is 0.878. The summed E-state index contributed by atoms with van der Waals surface area (Å²) in [5.74, 6) is -0.465. The first-order valence-electron chi connectivity index (χ1n) is 5.48. The van der Waals surface area contributed by atoms with Gasteiger partial charge in [0.15, 0.2) is 5.82 Å². The second-order valence-electron chi connectivity index (χ2n) is 3.88. The van der Waals surface area contributed by atoms with Crippen molar-refractivity contribution in [3.8, 4) is 6.07 Å². The lowest BCUT2D eigenvalue weighted by atomic mass is 10.2. The molecule has 0 spiro atoms. The number of anilines is 1. The number of hydrogen-bond donors (Lipinski definition) is 1. The average molecular weight is 340 g/mol. The molecule has 0 aliphatic rings. The van der Waals surface area contributed by atoms with Crippen molar-refractivity contribution in [1.29, 1.82) is 5.26 Å². The van der Waals surface area contributed by atoms with Gasteiger partial charge in [0, 0.05) is 11.6 Å². The molecule has 1 N–H and O–H groups in total. The van der Waals surface area contributed by atoms with Crippen LogP contribution in [0.3, 0.4) is 0 Å². The fourth-order valence-corrected chi connectivity index (χ4v) is 2.13. The number of nitrogens with zero attached hydrogens (tertiary/aromatic N) is 1. The smallest absolute Gasteiger partial charge is 0.161 e. The molecule has 0 amide bonds. The molecule has 0 aliphatic carbocycles. The van der Waals surface area contributed by atoms with Gasteiger partial charge >= 0.3 is 0 Å². The molecule has 19 heavy (non-hydrogen) atoms. The van der Waals surface area contributed by atoms with Crippen molar-refractivity contribution in [2.45, 2.75) is 6.54 Å². The first-order chi connectivity index (χ1) is 9.11. The van der Waals surface area contributed by atoms with Gasteiger partial charge in [0.25, 0.3) is 0 Å². The normalized spacial score (nSPS) is 10.0. The zero-order valence-corrected chi connectivity index (χ0v) is 12.1. The maximum Gasteiger partial charge on any atom is 0.161 e. The minimum atomic E-state index is -0.465. The van der Waals surface area contributed by atoms with Crippen LogP contribution in [0, 0.1) is 17.1 Å². The van der Waals surface area contributed by atoms with Gasteiger partial charge in [0.2, 0.25) is 0 Å². The molecule has 96 valence electrons. The molecule has 0 aromatic heterocycles. The third-order valence-corrected chi connectivity index (χ3v) is 3.63. The van der Waals surface area contributed by atoms with Crippen molar-refractivity contribution < 1.29 is 4.39 Å². The minimum absolute atomic E-state index is 0.177. The Morgan fingerprint density at radius 3 is 2.53 bits per heavy atom. The zero-order valence-electron chi connectivity index (χ0n) is 9.75. The van der Waals surface area contributed by atoms with Gasteiger partial charge in [0.05, 0.1) is 15.7 Å². The molecular weight excluding hydrogens is 331 g/mol. The van der Waals surface area contributed by atoms with E-state index in [1.54, 1.807) is 24.3 Å². The maximum absolute atomic E-state index is 13.9. The molecule has 0 bridgehead atoms. The van der Waals surface area contributed by atoms with Gasteiger partial charge in [-0.05, 0) is 45.8 Å². The maximum atomic E-state index is 13.9. The van der Waals surface area contributed by atoms with Crippen molar-refractivity contribution >= 4 is 33.2 Å². The Morgan fingerprint density at radius 1 is 1.21 bits per heavy atom. The fourth-order valence-electron chi connectivity index (χ4n) is 1.57.